The second-order valence-corrected chi connectivity index (χ2v) is 8.40. The minimum absolute atomic E-state index is 0. The average molecular weight is 471 g/mol. The summed E-state index contributed by atoms with van der Waals surface area (Å²) < 4.78 is 5.56. The van der Waals surface area contributed by atoms with E-state index >= 15 is 0 Å². The molecule has 0 aliphatic rings. The third-order valence-electron chi connectivity index (χ3n) is 4.77. The van der Waals surface area contributed by atoms with Crippen molar-refractivity contribution in [1.29, 1.82) is 0 Å². The van der Waals surface area contributed by atoms with Crippen molar-refractivity contribution in [2.45, 2.75) is 94.2 Å². The maximum atomic E-state index is 5.56. The fraction of sp³-hybridized carbons (Fsp3) is 1.00. The van der Waals surface area contributed by atoms with Gasteiger partial charge in [-0.3, -0.25) is 0 Å². The summed E-state index contributed by atoms with van der Waals surface area (Å²) in [6.45, 7) is 26.6. The first-order valence-electron chi connectivity index (χ1n) is 8.16. The molecule has 0 radical (unpaired) electrons. The van der Waals surface area contributed by atoms with Gasteiger partial charge < -0.3 is 15.4 Å². The number of nitrogens with zero attached hydrogens (tertiary/aromatic N) is 2. The van der Waals surface area contributed by atoms with Crippen LogP contribution < -0.4 is 116 Å². The third kappa shape index (κ3) is 14.2. The molecule has 23 heavy (non-hydrogen) atoms. The Morgan fingerprint density at radius 3 is 0.957 bits per heavy atom. The number of hydrogen-bond donors (Lipinski definition) is 0. The molecule has 0 unspecified atom stereocenters. The summed E-state index contributed by atoms with van der Waals surface area (Å²) in [5.74, 6) is 0. The second kappa shape index (κ2) is 14.5. The monoisotopic (exact) mass is 470 g/mol. The minimum Gasteiger partial charge on any atom is -0.634 e. The molecule has 0 aliphatic heterocycles. The molecule has 130 valence electrons. The van der Waals surface area contributed by atoms with E-state index in [1.807, 2.05) is 13.8 Å². The summed E-state index contributed by atoms with van der Waals surface area (Å²) in [5.41, 5.74) is 0.0927. The van der Waals surface area contributed by atoms with Gasteiger partial charge in [0.2, 0.25) is 0 Å². The van der Waals surface area contributed by atoms with Crippen molar-refractivity contribution < 1.29 is 121 Å². The number of hydrogen-bond acceptors (Lipinski definition) is 1. The topological polar surface area (TPSA) is 37.4 Å². The molecule has 0 fully saturated rings. The molecule has 0 atom stereocenters. The summed E-state index contributed by atoms with van der Waals surface area (Å²) in [6, 6.07) is 0. The van der Waals surface area contributed by atoms with Crippen molar-refractivity contribution in [3.8, 4) is 0 Å². The average Bonchev–Trinajstić information content (AvgIpc) is 2.27. The SMILES string of the molecule is CC.CC(C)(C)C(C)(C)[N-]COC[N-]C(C)(C)C(C)(C)C.[Rb+].[Rb+]. The van der Waals surface area contributed by atoms with Crippen LogP contribution in [0.3, 0.4) is 0 Å². The zero-order valence-corrected chi connectivity index (χ0v) is 28.5. The van der Waals surface area contributed by atoms with Gasteiger partial charge in [-0.1, -0.05) is 93.9 Å². The normalized spacial score (nSPS) is 12.5. The van der Waals surface area contributed by atoms with E-state index in [0.29, 0.717) is 13.5 Å². The van der Waals surface area contributed by atoms with Gasteiger partial charge >= 0.3 is 116 Å². The van der Waals surface area contributed by atoms with Gasteiger partial charge in [-0.25, -0.2) is 0 Å². The molecule has 0 saturated heterocycles. The molecule has 0 aromatic carbocycles. The smallest absolute Gasteiger partial charge is 0.634 e. The Morgan fingerprint density at radius 1 is 0.565 bits per heavy atom. The van der Waals surface area contributed by atoms with Gasteiger partial charge in [-0.2, -0.15) is 0 Å². The summed E-state index contributed by atoms with van der Waals surface area (Å²) >= 11 is 0. The van der Waals surface area contributed by atoms with Crippen molar-refractivity contribution in [3.05, 3.63) is 10.6 Å². The fourth-order valence-corrected chi connectivity index (χ4v) is 0.929. The molecule has 0 saturated carbocycles. The molecule has 0 amide bonds. The van der Waals surface area contributed by atoms with Gasteiger partial charge in [0.05, 0.1) is 0 Å². The van der Waals surface area contributed by atoms with Gasteiger partial charge in [0.25, 0.3) is 0 Å². The van der Waals surface area contributed by atoms with Gasteiger partial charge in [0, 0.05) is 0 Å². The molecule has 0 spiro atoms. The standard InChI is InChI=1S/C16H34N2O.C2H6.2Rb/c1-13(2,3)15(7,8)17-11-19-12-18-16(9,10)14(4,5)6;1-2;;/h11-12H2,1-10H3;1-2H3;;/q-2;;2*+1. The van der Waals surface area contributed by atoms with Gasteiger partial charge in [-0.15, -0.1) is 11.1 Å². The Hall–Kier alpha value is 3.49. The molecule has 0 aliphatic carbocycles. The van der Waals surface area contributed by atoms with E-state index in [2.05, 4.69) is 79.9 Å². The predicted octanol–water partition coefficient (Wildman–Crippen LogP) is 0.349. The summed E-state index contributed by atoms with van der Waals surface area (Å²) in [6.07, 6.45) is 0. The molecule has 0 aromatic heterocycles. The Balaban J connectivity index is -0.000000432. The molecule has 0 aromatic rings. The van der Waals surface area contributed by atoms with Crippen LogP contribution in [0.2, 0.25) is 0 Å². The summed E-state index contributed by atoms with van der Waals surface area (Å²) in [4.78, 5) is 0. The van der Waals surface area contributed by atoms with Crippen LogP contribution in [0.4, 0.5) is 0 Å². The van der Waals surface area contributed by atoms with E-state index in [4.69, 9.17) is 4.74 Å². The fourth-order valence-electron chi connectivity index (χ4n) is 0.929. The summed E-state index contributed by atoms with van der Waals surface area (Å²) in [5, 5.41) is 9.25. The molecule has 0 heterocycles. The second-order valence-electron chi connectivity index (χ2n) is 8.40. The molecule has 0 rings (SSSR count). The van der Waals surface area contributed by atoms with Crippen LogP contribution in [0.25, 0.3) is 10.6 Å². The van der Waals surface area contributed by atoms with Crippen LogP contribution in [0.5, 0.6) is 0 Å². The Bertz CT molecular complexity index is 252. The van der Waals surface area contributed by atoms with E-state index in [9.17, 15) is 0 Å². The van der Waals surface area contributed by atoms with Crippen molar-refractivity contribution in [2.75, 3.05) is 13.5 Å². The largest absolute Gasteiger partial charge is 1.00 e. The van der Waals surface area contributed by atoms with Gasteiger partial charge in [0.15, 0.2) is 0 Å². The first-order chi connectivity index (χ1) is 9.21. The number of rotatable bonds is 6. The first kappa shape index (κ1) is 34.0. The van der Waals surface area contributed by atoms with Crippen LogP contribution in [0, 0.1) is 10.8 Å². The van der Waals surface area contributed by atoms with Crippen molar-refractivity contribution >= 4 is 0 Å². The Kier molecular flexibility index (Phi) is 21.4. The molecular weight excluding hydrogens is 431 g/mol. The van der Waals surface area contributed by atoms with Crippen molar-refractivity contribution in [2.24, 2.45) is 10.8 Å². The molecule has 5 heteroatoms. The van der Waals surface area contributed by atoms with E-state index in [-0.39, 0.29) is 138 Å². The Labute approximate surface area is 245 Å². The van der Waals surface area contributed by atoms with Crippen LogP contribution in [0.1, 0.15) is 83.1 Å². The van der Waals surface area contributed by atoms with Crippen molar-refractivity contribution in [1.82, 2.24) is 0 Å². The molecular formula is C18H40N2ORb2. The van der Waals surface area contributed by atoms with E-state index in [1.165, 1.54) is 0 Å². The Morgan fingerprint density at radius 2 is 0.783 bits per heavy atom. The minimum atomic E-state index is -0.0907. The predicted molar refractivity (Wildman–Crippen MR) is 96.0 cm³/mol. The summed E-state index contributed by atoms with van der Waals surface area (Å²) in [7, 11) is 0. The maximum absolute atomic E-state index is 5.56. The van der Waals surface area contributed by atoms with Crippen LogP contribution in [-0.4, -0.2) is 24.5 Å². The quantitative estimate of drug-likeness (QED) is 0.516. The zero-order chi connectivity index (χ0) is 17.5. The third-order valence-corrected chi connectivity index (χ3v) is 4.77. The van der Waals surface area contributed by atoms with Gasteiger partial charge in [-0.05, 0) is 13.5 Å². The van der Waals surface area contributed by atoms with Crippen LogP contribution in [-0.2, 0) is 4.74 Å². The maximum Gasteiger partial charge on any atom is 1.00 e. The molecule has 0 N–H and O–H groups in total. The van der Waals surface area contributed by atoms with E-state index in [1.54, 1.807) is 0 Å². The van der Waals surface area contributed by atoms with E-state index < -0.39 is 0 Å². The molecule has 3 nitrogen and oxygen atoms in total. The van der Waals surface area contributed by atoms with Crippen LogP contribution in [0.15, 0.2) is 0 Å². The first-order valence-corrected chi connectivity index (χ1v) is 8.16. The van der Waals surface area contributed by atoms with E-state index in [0.717, 1.165) is 0 Å². The van der Waals surface area contributed by atoms with Crippen molar-refractivity contribution in [3.63, 3.8) is 0 Å². The van der Waals surface area contributed by atoms with Gasteiger partial charge in [0.1, 0.15) is 0 Å². The van der Waals surface area contributed by atoms with Crippen LogP contribution >= 0.6 is 0 Å². The number of ether oxygens (including phenoxy) is 1. The zero-order valence-electron chi connectivity index (χ0n) is 18.7. The molecule has 0 bridgehead atoms.